The molecule has 0 aromatic rings. The summed E-state index contributed by atoms with van der Waals surface area (Å²) in [7, 11) is -4.28. The third-order valence-corrected chi connectivity index (χ3v) is 11.6. The number of phosphoric ester groups is 1. The summed E-state index contributed by atoms with van der Waals surface area (Å²) < 4.78 is 33.5. The van der Waals surface area contributed by atoms with Crippen LogP contribution in [0.25, 0.3) is 0 Å². The number of nitrogens with two attached hydrogens (primary N) is 1. The molecule has 0 aliphatic rings. The van der Waals surface area contributed by atoms with E-state index in [1.54, 1.807) is 0 Å². The fraction of sp³-hybridized carbons (Fsp3) is 0.857. The van der Waals surface area contributed by atoms with Crippen molar-refractivity contribution in [3.05, 3.63) is 36.5 Å². The molecule has 0 amide bonds. The van der Waals surface area contributed by atoms with E-state index >= 15 is 0 Å². The van der Waals surface area contributed by atoms with E-state index in [0.29, 0.717) is 6.61 Å². The zero-order chi connectivity index (χ0) is 42.3. The van der Waals surface area contributed by atoms with Crippen molar-refractivity contribution in [1.82, 2.24) is 0 Å². The zero-order valence-electron chi connectivity index (χ0n) is 38.0. The van der Waals surface area contributed by atoms with Crippen molar-refractivity contribution >= 4 is 13.8 Å². The molecule has 0 aromatic heterocycles. The Morgan fingerprint density at radius 1 is 0.534 bits per heavy atom. The first-order chi connectivity index (χ1) is 28.4. The molecular weight excluding hydrogens is 746 g/mol. The molecule has 9 heteroatoms. The minimum absolute atomic E-state index is 0.0961. The molecule has 0 bridgehead atoms. The van der Waals surface area contributed by atoms with Crippen LogP contribution in [0, 0.1) is 0 Å². The largest absolute Gasteiger partial charge is 0.472 e. The van der Waals surface area contributed by atoms with Crippen LogP contribution in [0.2, 0.25) is 0 Å². The molecule has 2 atom stereocenters. The van der Waals surface area contributed by atoms with Crippen LogP contribution in [0.4, 0.5) is 0 Å². The number of hydrogen-bond acceptors (Lipinski definition) is 7. The van der Waals surface area contributed by atoms with E-state index in [1.807, 2.05) is 0 Å². The topological polar surface area (TPSA) is 117 Å². The van der Waals surface area contributed by atoms with Gasteiger partial charge in [0, 0.05) is 19.6 Å². The van der Waals surface area contributed by atoms with Crippen molar-refractivity contribution in [1.29, 1.82) is 0 Å². The standard InChI is InChI=1S/C49H94NO7P/c1-3-5-7-9-11-13-15-17-18-19-20-21-22-23-24-25-26-27-28-29-31-33-35-37-39-41-44-54-46-48(47-56-58(52,53)55-45-43-50)57-49(51)42-40-38-36-34-32-30-16-14-12-10-8-6-4-2/h6,8,12,14,30,32,48H,3-5,7,9-11,13,15-29,31,33-47,50H2,1-2H3,(H,52,53)/b8-6-,14-12-,32-30-. The van der Waals surface area contributed by atoms with Crippen LogP contribution in [0.1, 0.15) is 232 Å². The van der Waals surface area contributed by atoms with Gasteiger partial charge in [0.15, 0.2) is 0 Å². The summed E-state index contributed by atoms with van der Waals surface area (Å²) in [4.78, 5) is 22.5. The molecule has 3 N–H and O–H groups in total. The quantitative estimate of drug-likeness (QED) is 0.0269. The van der Waals surface area contributed by atoms with Gasteiger partial charge >= 0.3 is 13.8 Å². The smallest absolute Gasteiger partial charge is 0.457 e. The highest BCUT2D eigenvalue weighted by atomic mass is 31.2. The number of ether oxygens (including phenoxy) is 2. The fourth-order valence-electron chi connectivity index (χ4n) is 7.01. The lowest BCUT2D eigenvalue weighted by Crippen LogP contribution is -2.28. The van der Waals surface area contributed by atoms with E-state index in [1.165, 1.54) is 154 Å². The molecule has 342 valence electrons. The van der Waals surface area contributed by atoms with Crippen LogP contribution >= 0.6 is 7.82 Å². The Kier molecular flexibility index (Phi) is 45.7. The monoisotopic (exact) mass is 840 g/mol. The zero-order valence-corrected chi connectivity index (χ0v) is 38.9. The molecule has 58 heavy (non-hydrogen) atoms. The molecule has 0 rings (SSSR count). The van der Waals surface area contributed by atoms with E-state index in [9.17, 15) is 14.3 Å². The predicted octanol–water partition coefficient (Wildman–Crippen LogP) is 15.0. The van der Waals surface area contributed by atoms with Crippen molar-refractivity contribution in [2.75, 3.05) is 33.0 Å². The first kappa shape index (κ1) is 56.7. The number of allylic oxidation sites excluding steroid dienone is 6. The molecule has 0 saturated carbocycles. The second-order valence-corrected chi connectivity index (χ2v) is 17.8. The third kappa shape index (κ3) is 45.8. The van der Waals surface area contributed by atoms with Gasteiger partial charge in [0.1, 0.15) is 6.10 Å². The van der Waals surface area contributed by atoms with Crippen LogP contribution in [0.15, 0.2) is 36.5 Å². The molecule has 2 unspecified atom stereocenters. The van der Waals surface area contributed by atoms with E-state index in [-0.39, 0.29) is 38.8 Å². The second-order valence-electron chi connectivity index (χ2n) is 16.3. The maximum Gasteiger partial charge on any atom is 0.472 e. The minimum atomic E-state index is -4.28. The van der Waals surface area contributed by atoms with Gasteiger partial charge in [-0.15, -0.1) is 0 Å². The van der Waals surface area contributed by atoms with Gasteiger partial charge in [-0.05, 0) is 44.9 Å². The number of rotatable bonds is 47. The highest BCUT2D eigenvalue weighted by Gasteiger charge is 2.25. The van der Waals surface area contributed by atoms with E-state index in [4.69, 9.17) is 24.3 Å². The average Bonchev–Trinajstić information content (AvgIpc) is 3.21. The lowest BCUT2D eigenvalue weighted by Gasteiger charge is -2.20. The van der Waals surface area contributed by atoms with E-state index in [2.05, 4.69) is 50.3 Å². The normalized spacial score (nSPS) is 13.7. The van der Waals surface area contributed by atoms with Gasteiger partial charge in [-0.25, -0.2) is 4.57 Å². The summed E-state index contributed by atoms with van der Waals surface area (Å²) >= 11 is 0. The number of carbonyl (C=O) groups excluding carboxylic acids is 1. The van der Waals surface area contributed by atoms with Crippen LogP contribution in [0.5, 0.6) is 0 Å². The number of carbonyl (C=O) groups is 1. The van der Waals surface area contributed by atoms with Crippen LogP contribution in [-0.2, 0) is 27.9 Å². The van der Waals surface area contributed by atoms with Gasteiger partial charge < -0.3 is 20.1 Å². The lowest BCUT2D eigenvalue weighted by atomic mass is 10.0. The Labute approximate surface area is 358 Å². The number of esters is 1. The van der Waals surface area contributed by atoms with Gasteiger partial charge in [0.2, 0.25) is 0 Å². The Hall–Kier alpha value is -1.28. The number of hydrogen-bond donors (Lipinski definition) is 2. The van der Waals surface area contributed by atoms with Crippen molar-refractivity contribution in [3.63, 3.8) is 0 Å². The Morgan fingerprint density at radius 2 is 0.966 bits per heavy atom. The predicted molar refractivity (Wildman–Crippen MR) is 247 cm³/mol. The molecule has 0 spiro atoms. The minimum Gasteiger partial charge on any atom is -0.457 e. The van der Waals surface area contributed by atoms with Gasteiger partial charge in [-0.2, -0.15) is 0 Å². The molecular formula is C49H94NO7P. The summed E-state index contributed by atoms with van der Waals surface area (Å²) in [5.74, 6) is -0.356. The van der Waals surface area contributed by atoms with Crippen LogP contribution in [-0.4, -0.2) is 49.9 Å². The van der Waals surface area contributed by atoms with Crippen molar-refractivity contribution < 1.29 is 32.8 Å². The third-order valence-electron chi connectivity index (χ3n) is 10.6. The molecule has 0 fully saturated rings. The molecule has 0 heterocycles. The van der Waals surface area contributed by atoms with Gasteiger partial charge in [-0.1, -0.05) is 217 Å². The first-order valence-corrected chi connectivity index (χ1v) is 26.0. The van der Waals surface area contributed by atoms with Crippen molar-refractivity contribution in [3.8, 4) is 0 Å². The summed E-state index contributed by atoms with van der Waals surface area (Å²) in [5, 5.41) is 0. The van der Waals surface area contributed by atoms with E-state index < -0.39 is 13.9 Å². The Balaban J connectivity index is 3.85. The summed E-state index contributed by atoms with van der Waals surface area (Å²) in [6, 6.07) is 0. The highest BCUT2D eigenvalue weighted by molar-refractivity contribution is 7.47. The van der Waals surface area contributed by atoms with Gasteiger partial charge in [0.05, 0.1) is 19.8 Å². The molecule has 0 aliphatic heterocycles. The summed E-state index contributed by atoms with van der Waals surface area (Å²) in [6.07, 6.45) is 54.8. The van der Waals surface area contributed by atoms with Crippen LogP contribution < -0.4 is 5.73 Å². The van der Waals surface area contributed by atoms with Crippen molar-refractivity contribution in [2.45, 2.75) is 238 Å². The summed E-state index contributed by atoms with van der Waals surface area (Å²) in [6.45, 7) is 4.80. The highest BCUT2D eigenvalue weighted by Crippen LogP contribution is 2.43. The summed E-state index contributed by atoms with van der Waals surface area (Å²) in [5.41, 5.74) is 5.37. The van der Waals surface area contributed by atoms with E-state index in [0.717, 1.165) is 57.8 Å². The molecule has 0 saturated heterocycles. The SMILES string of the molecule is CC/C=C\C/C=C\C/C=C\CCCCCC(=O)OC(COCCCCCCCCCCCCCCCCCCCCCCCCCCCC)COP(=O)(O)OCCN. The molecule has 0 aliphatic carbocycles. The lowest BCUT2D eigenvalue weighted by molar-refractivity contribution is -0.154. The van der Waals surface area contributed by atoms with Crippen LogP contribution in [0.3, 0.4) is 0 Å². The van der Waals surface area contributed by atoms with Crippen molar-refractivity contribution in [2.24, 2.45) is 5.73 Å². The molecule has 0 radical (unpaired) electrons. The maximum atomic E-state index is 12.6. The fourth-order valence-corrected chi connectivity index (χ4v) is 7.78. The van der Waals surface area contributed by atoms with Gasteiger partial charge in [-0.3, -0.25) is 13.8 Å². The Bertz CT molecular complexity index is 988. The number of phosphoric acid groups is 1. The van der Waals surface area contributed by atoms with Gasteiger partial charge in [0.25, 0.3) is 0 Å². The number of unbranched alkanes of at least 4 members (excludes halogenated alkanes) is 28. The molecule has 8 nitrogen and oxygen atoms in total. The first-order valence-electron chi connectivity index (χ1n) is 24.5. The second kappa shape index (κ2) is 46.8. The Morgan fingerprint density at radius 3 is 1.43 bits per heavy atom. The maximum absolute atomic E-state index is 12.6. The molecule has 0 aromatic carbocycles. The average molecular weight is 840 g/mol.